The van der Waals surface area contributed by atoms with Crippen molar-refractivity contribution in [1.29, 1.82) is 0 Å². The molecule has 34 heavy (non-hydrogen) atoms. The summed E-state index contributed by atoms with van der Waals surface area (Å²) in [5.41, 5.74) is 5.15. The van der Waals surface area contributed by atoms with Gasteiger partial charge >= 0.3 is 0 Å². The summed E-state index contributed by atoms with van der Waals surface area (Å²) >= 11 is 1.68. The van der Waals surface area contributed by atoms with E-state index in [4.69, 9.17) is 14.8 Å². The summed E-state index contributed by atoms with van der Waals surface area (Å²) in [4.78, 5) is 22.0. The Morgan fingerprint density at radius 1 is 1.00 bits per heavy atom. The average Bonchev–Trinajstić information content (AvgIpc) is 3.29. The van der Waals surface area contributed by atoms with E-state index in [1.165, 1.54) is 5.56 Å². The summed E-state index contributed by atoms with van der Waals surface area (Å²) in [5, 5.41) is 5.71. The molecular formula is C26H29N5O2S. The van der Waals surface area contributed by atoms with Crippen LogP contribution in [-0.2, 0) is 4.79 Å². The van der Waals surface area contributed by atoms with Crippen LogP contribution in [0.4, 0.5) is 5.13 Å². The Hall–Kier alpha value is -3.39. The Bertz CT molecular complexity index is 1310. The number of fused-ring (bicyclic) bond motifs is 1. The maximum Gasteiger partial charge on any atom is 0.260 e. The summed E-state index contributed by atoms with van der Waals surface area (Å²) < 4.78 is 8.83. The number of benzene rings is 2. The number of carbonyl (C=O) groups is 1. The van der Waals surface area contributed by atoms with Crippen LogP contribution in [0.5, 0.6) is 5.75 Å². The molecule has 1 saturated heterocycles. The number of rotatable bonds is 5. The number of carbonyl (C=O) groups excluding carboxylic acids is 1. The minimum atomic E-state index is 0.0280. The molecule has 0 saturated carbocycles. The zero-order chi connectivity index (χ0) is 23.7. The largest absolute Gasteiger partial charge is 0.484 e. The molecule has 5 rings (SSSR count). The Morgan fingerprint density at radius 2 is 1.79 bits per heavy atom. The summed E-state index contributed by atoms with van der Waals surface area (Å²) in [6.07, 6.45) is 0.898. The third kappa shape index (κ3) is 4.50. The Balaban J connectivity index is 1.27. The Morgan fingerprint density at radius 3 is 2.59 bits per heavy atom. The van der Waals surface area contributed by atoms with E-state index in [1.807, 2.05) is 47.7 Å². The number of aromatic nitrogens is 3. The fourth-order valence-corrected chi connectivity index (χ4v) is 5.27. The van der Waals surface area contributed by atoms with E-state index in [9.17, 15) is 4.79 Å². The lowest BCUT2D eigenvalue weighted by Crippen LogP contribution is -2.38. The first-order chi connectivity index (χ1) is 16.5. The monoisotopic (exact) mass is 475 g/mol. The van der Waals surface area contributed by atoms with Crippen molar-refractivity contribution in [2.24, 2.45) is 0 Å². The number of hydrogen-bond acceptors (Lipinski definition) is 6. The first kappa shape index (κ1) is 22.4. The number of anilines is 1. The van der Waals surface area contributed by atoms with Gasteiger partial charge in [0.1, 0.15) is 5.75 Å². The van der Waals surface area contributed by atoms with Gasteiger partial charge < -0.3 is 14.5 Å². The number of para-hydroxylation sites is 1. The van der Waals surface area contributed by atoms with Crippen LogP contribution in [0.3, 0.4) is 0 Å². The molecule has 1 aliphatic rings. The summed E-state index contributed by atoms with van der Waals surface area (Å²) in [5.74, 6) is 0.792. The predicted octanol–water partition coefficient (Wildman–Crippen LogP) is 4.52. The van der Waals surface area contributed by atoms with Crippen LogP contribution >= 0.6 is 11.3 Å². The summed E-state index contributed by atoms with van der Waals surface area (Å²) in [7, 11) is 0. The summed E-state index contributed by atoms with van der Waals surface area (Å²) in [6, 6.07) is 16.1. The average molecular weight is 476 g/mol. The lowest BCUT2D eigenvalue weighted by atomic mass is 10.2. The standard InChI is InChI=1S/C26H29N5O2S/c1-18-9-11-21(12-10-18)31-25-24(20(3)28-31)34-26(27-25)30-14-6-13-29(15-16-30)23(32)17-33-22-8-5-4-7-19(22)2/h4-5,7-12H,6,13-17H2,1-3H3. The van der Waals surface area contributed by atoms with Crippen LogP contribution < -0.4 is 9.64 Å². The van der Waals surface area contributed by atoms with Gasteiger partial charge in [0.15, 0.2) is 17.4 Å². The van der Waals surface area contributed by atoms with Crippen molar-refractivity contribution in [3.05, 3.63) is 65.4 Å². The van der Waals surface area contributed by atoms with E-state index in [2.05, 4.69) is 36.1 Å². The fourth-order valence-electron chi connectivity index (χ4n) is 4.23. The quantitative estimate of drug-likeness (QED) is 0.425. The fraction of sp³-hybridized carbons (Fsp3) is 0.346. The maximum atomic E-state index is 12.8. The molecular weight excluding hydrogens is 446 g/mol. The smallest absolute Gasteiger partial charge is 0.260 e. The molecule has 0 aliphatic carbocycles. The highest BCUT2D eigenvalue weighted by molar-refractivity contribution is 7.22. The van der Waals surface area contributed by atoms with Gasteiger partial charge in [0, 0.05) is 26.2 Å². The van der Waals surface area contributed by atoms with Gasteiger partial charge in [-0.05, 0) is 51.0 Å². The van der Waals surface area contributed by atoms with Crippen LogP contribution in [0.1, 0.15) is 23.2 Å². The molecule has 1 aliphatic heterocycles. The molecule has 0 unspecified atom stereocenters. The van der Waals surface area contributed by atoms with Gasteiger partial charge in [-0.15, -0.1) is 0 Å². The normalized spacial score (nSPS) is 14.4. The van der Waals surface area contributed by atoms with Crippen molar-refractivity contribution in [2.75, 3.05) is 37.7 Å². The van der Waals surface area contributed by atoms with Gasteiger partial charge in [-0.3, -0.25) is 4.79 Å². The zero-order valence-electron chi connectivity index (χ0n) is 19.8. The number of amides is 1. The topological polar surface area (TPSA) is 63.5 Å². The van der Waals surface area contributed by atoms with Gasteiger partial charge in [0.2, 0.25) is 0 Å². The molecule has 0 spiro atoms. The molecule has 0 bridgehead atoms. The van der Waals surface area contributed by atoms with E-state index in [0.717, 1.165) is 64.2 Å². The molecule has 176 valence electrons. The van der Waals surface area contributed by atoms with Crippen LogP contribution in [0, 0.1) is 20.8 Å². The van der Waals surface area contributed by atoms with Crippen molar-refractivity contribution in [3.8, 4) is 11.4 Å². The van der Waals surface area contributed by atoms with Crippen molar-refractivity contribution in [1.82, 2.24) is 19.7 Å². The van der Waals surface area contributed by atoms with Gasteiger partial charge in [-0.1, -0.05) is 47.2 Å². The molecule has 2 aromatic heterocycles. The maximum absolute atomic E-state index is 12.8. The molecule has 0 atom stereocenters. The number of thiazole rings is 1. The predicted molar refractivity (Wildman–Crippen MR) is 136 cm³/mol. The van der Waals surface area contributed by atoms with Gasteiger partial charge in [0.05, 0.1) is 16.1 Å². The second-order valence-electron chi connectivity index (χ2n) is 8.76. The van der Waals surface area contributed by atoms with Crippen molar-refractivity contribution < 1.29 is 9.53 Å². The SMILES string of the molecule is Cc1ccc(-n2nc(C)c3sc(N4CCCN(C(=O)COc5ccccc5C)CC4)nc32)cc1. The van der Waals surface area contributed by atoms with Crippen molar-refractivity contribution >= 4 is 32.7 Å². The Labute approximate surface area is 203 Å². The number of ether oxygens (including phenoxy) is 1. The molecule has 4 aromatic rings. The molecule has 2 aromatic carbocycles. The number of nitrogens with zero attached hydrogens (tertiary/aromatic N) is 5. The third-order valence-electron chi connectivity index (χ3n) is 6.22. The third-order valence-corrected chi connectivity index (χ3v) is 7.43. The van der Waals surface area contributed by atoms with Gasteiger partial charge in [-0.25, -0.2) is 4.68 Å². The molecule has 0 radical (unpaired) electrons. The van der Waals surface area contributed by atoms with Crippen LogP contribution in [-0.4, -0.2) is 58.4 Å². The second kappa shape index (κ2) is 9.46. The van der Waals surface area contributed by atoms with Crippen molar-refractivity contribution in [3.63, 3.8) is 0 Å². The molecule has 3 heterocycles. The van der Waals surface area contributed by atoms with Crippen molar-refractivity contribution in [2.45, 2.75) is 27.2 Å². The first-order valence-corrected chi connectivity index (χ1v) is 12.5. The molecule has 1 fully saturated rings. The second-order valence-corrected chi connectivity index (χ2v) is 9.74. The molecule has 0 N–H and O–H groups in total. The van der Waals surface area contributed by atoms with Crippen LogP contribution in [0.15, 0.2) is 48.5 Å². The van der Waals surface area contributed by atoms with E-state index in [1.54, 1.807) is 11.3 Å². The minimum absolute atomic E-state index is 0.0280. The highest BCUT2D eigenvalue weighted by atomic mass is 32.1. The number of aryl methyl sites for hydroxylation is 3. The van der Waals surface area contributed by atoms with Crippen LogP contribution in [0.25, 0.3) is 16.0 Å². The van der Waals surface area contributed by atoms with E-state index in [-0.39, 0.29) is 12.5 Å². The van der Waals surface area contributed by atoms with E-state index < -0.39 is 0 Å². The van der Waals surface area contributed by atoms with Gasteiger partial charge in [0.25, 0.3) is 5.91 Å². The highest BCUT2D eigenvalue weighted by Crippen LogP contribution is 2.33. The van der Waals surface area contributed by atoms with E-state index >= 15 is 0 Å². The number of hydrogen-bond donors (Lipinski definition) is 0. The lowest BCUT2D eigenvalue weighted by molar-refractivity contribution is -0.133. The Kier molecular flexibility index (Phi) is 6.24. The molecule has 8 heteroatoms. The minimum Gasteiger partial charge on any atom is -0.484 e. The lowest BCUT2D eigenvalue weighted by Gasteiger charge is -2.22. The molecule has 7 nitrogen and oxygen atoms in total. The summed E-state index contributed by atoms with van der Waals surface area (Å²) in [6.45, 7) is 9.18. The molecule has 1 amide bonds. The van der Waals surface area contributed by atoms with E-state index in [0.29, 0.717) is 6.54 Å². The van der Waals surface area contributed by atoms with Gasteiger partial charge in [-0.2, -0.15) is 10.1 Å². The highest BCUT2D eigenvalue weighted by Gasteiger charge is 2.23. The van der Waals surface area contributed by atoms with Crippen LogP contribution in [0.2, 0.25) is 0 Å². The zero-order valence-corrected chi connectivity index (χ0v) is 20.6. The first-order valence-electron chi connectivity index (χ1n) is 11.6.